The second-order valence-electron chi connectivity index (χ2n) is 6.18. The van der Waals surface area contributed by atoms with E-state index in [-0.39, 0.29) is 6.42 Å². The van der Waals surface area contributed by atoms with E-state index in [9.17, 15) is 9.90 Å². The van der Waals surface area contributed by atoms with Crippen LogP contribution in [-0.2, 0) is 17.6 Å². The van der Waals surface area contributed by atoms with Gasteiger partial charge < -0.3 is 5.11 Å². The maximum absolute atomic E-state index is 11.3. The van der Waals surface area contributed by atoms with Crippen molar-refractivity contribution in [3.63, 3.8) is 0 Å². The number of carboxylic acids is 1. The van der Waals surface area contributed by atoms with Crippen LogP contribution in [0.2, 0.25) is 0 Å². The Balaban J connectivity index is 2.23. The molecule has 0 amide bonds. The van der Waals surface area contributed by atoms with Gasteiger partial charge in [0.1, 0.15) is 0 Å². The Morgan fingerprint density at radius 1 is 0.750 bits per heavy atom. The molecule has 4 rings (SSSR count). The third-order valence-electron chi connectivity index (χ3n) is 4.78. The zero-order valence-electron chi connectivity index (χ0n) is 13.5. The molecular formula is C22H18O2. The fraction of sp³-hybridized carbons (Fsp3) is 0.136. The van der Waals surface area contributed by atoms with E-state index in [0.717, 1.165) is 28.1 Å². The Morgan fingerprint density at radius 2 is 1.21 bits per heavy atom. The van der Waals surface area contributed by atoms with Crippen LogP contribution in [0.15, 0.2) is 60.7 Å². The van der Waals surface area contributed by atoms with Gasteiger partial charge in [0.25, 0.3) is 0 Å². The van der Waals surface area contributed by atoms with E-state index in [2.05, 4.69) is 43.3 Å². The minimum absolute atomic E-state index is 0.0420. The number of rotatable bonds is 3. The Kier molecular flexibility index (Phi) is 3.46. The van der Waals surface area contributed by atoms with Crippen LogP contribution in [0.5, 0.6) is 0 Å². The maximum atomic E-state index is 11.3. The van der Waals surface area contributed by atoms with E-state index >= 15 is 0 Å². The van der Waals surface area contributed by atoms with Crippen LogP contribution in [0.3, 0.4) is 0 Å². The summed E-state index contributed by atoms with van der Waals surface area (Å²) in [6, 6.07) is 20.8. The first-order valence-corrected chi connectivity index (χ1v) is 8.25. The van der Waals surface area contributed by atoms with E-state index in [4.69, 9.17) is 0 Å². The Labute approximate surface area is 140 Å². The minimum Gasteiger partial charge on any atom is -0.481 e. The summed E-state index contributed by atoms with van der Waals surface area (Å²) in [6.45, 7) is 2.18. The summed E-state index contributed by atoms with van der Waals surface area (Å²) in [5.74, 6) is -0.797. The highest BCUT2D eigenvalue weighted by molar-refractivity contribution is 6.19. The lowest BCUT2D eigenvalue weighted by Crippen LogP contribution is -2.01. The molecule has 0 atom stereocenters. The first kappa shape index (κ1) is 14.7. The normalized spacial score (nSPS) is 11.4. The summed E-state index contributed by atoms with van der Waals surface area (Å²) >= 11 is 0. The predicted octanol–water partition coefficient (Wildman–Crippen LogP) is 5.34. The van der Waals surface area contributed by atoms with Gasteiger partial charge in [0.05, 0.1) is 6.42 Å². The van der Waals surface area contributed by atoms with Crippen LogP contribution in [0, 0.1) is 0 Å². The van der Waals surface area contributed by atoms with Gasteiger partial charge in [-0.25, -0.2) is 0 Å². The average Bonchev–Trinajstić information content (AvgIpc) is 2.61. The second-order valence-corrected chi connectivity index (χ2v) is 6.18. The van der Waals surface area contributed by atoms with Crippen LogP contribution < -0.4 is 0 Å². The lowest BCUT2D eigenvalue weighted by Gasteiger charge is -2.14. The molecule has 0 heterocycles. The van der Waals surface area contributed by atoms with Gasteiger partial charge in [-0.1, -0.05) is 55.5 Å². The van der Waals surface area contributed by atoms with Crippen molar-refractivity contribution < 1.29 is 9.90 Å². The van der Waals surface area contributed by atoms with Crippen LogP contribution in [0.1, 0.15) is 18.1 Å². The molecule has 0 saturated heterocycles. The fourth-order valence-corrected chi connectivity index (χ4v) is 3.70. The molecule has 4 aromatic rings. The third-order valence-corrected chi connectivity index (χ3v) is 4.78. The Hall–Kier alpha value is -2.87. The summed E-state index contributed by atoms with van der Waals surface area (Å²) in [4.78, 5) is 11.3. The lowest BCUT2D eigenvalue weighted by molar-refractivity contribution is -0.136. The molecule has 2 heteroatoms. The number of fused-ring (bicyclic) bond motifs is 5. The molecule has 118 valence electrons. The molecule has 1 N–H and O–H groups in total. The first-order valence-electron chi connectivity index (χ1n) is 8.25. The van der Waals surface area contributed by atoms with Crippen LogP contribution in [-0.4, -0.2) is 11.1 Å². The zero-order chi connectivity index (χ0) is 16.7. The van der Waals surface area contributed by atoms with Crippen LogP contribution in [0.4, 0.5) is 0 Å². The summed E-state index contributed by atoms with van der Waals surface area (Å²) in [6.07, 6.45) is 1.02. The number of hydrogen-bond donors (Lipinski definition) is 1. The SMILES string of the molecule is CCc1cc2c3ccccc3c(CC(=O)O)cc2c2ccccc12. The molecule has 0 saturated carbocycles. The molecule has 2 nitrogen and oxygen atoms in total. The molecule has 24 heavy (non-hydrogen) atoms. The van der Waals surface area contributed by atoms with Crippen LogP contribution in [0.25, 0.3) is 32.3 Å². The third kappa shape index (κ3) is 2.23. The van der Waals surface area contributed by atoms with Crippen molar-refractivity contribution >= 4 is 38.3 Å². The van der Waals surface area contributed by atoms with Gasteiger partial charge in [-0.15, -0.1) is 0 Å². The molecule has 0 fully saturated rings. The fourth-order valence-electron chi connectivity index (χ4n) is 3.70. The van der Waals surface area contributed by atoms with Crippen molar-refractivity contribution in [2.75, 3.05) is 0 Å². The smallest absolute Gasteiger partial charge is 0.307 e. The van der Waals surface area contributed by atoms with Gasteiger partial charge in [0.2, 0.25) is 0 Å². The lowest BCUT2D eigenvalue weighted by atomic mass is 9.90. The maximum Gasteiger partial charge on any atom is 0.307 e. The van der Waals surface area contributed by atoms with Crippen molar-refractivity contribution in [3.05, 3.63) is 71.8 Å². The largest absolute Gasteiger partial charge is 0.481 e. The van der Waals surface area contributed by atoms with E-state index in [1.807, 2.05) is 24.3 Å². The van der Waals surface area contributed by atoms with Crippen molar-refractivity contribution in [3.8, 4) is 0 Å². The number of aryl methyl sites for hydroxylation is 1. The molecule has 4 aromatic carbocycles. The van der Waals surface area contributed by atoms with Crippen LogP contribution >= 0.6 is 0 Å². The van der Waals surface area contributed by atoms with Gasteiger partial charge in [-0.2, -0.15) is 0 Å². The number of benzene rings is 4. The highest BCUT2D eigenvalue weighted by Crippen LogP contribution is 2.35. The van der Waals surface area contributed by atoms with Gasteiger partial charge in [0.15, 0.2) is 0 Å². The van der Waals surface area contributed by atoms with Gasteiger partial charge in [0, 0.05) is 0 Å². The second kappa shape index (κ2) is 5.64. The first-order chi connectivity index (χ1) is 11.7. The van der Waals surface area contributed by atoms with E-state index in [1.165, 1.54) is 21.7 Å². The highest BCUT2D eigenvalue weighted by atomic mass is 16.4. The highest BCUT2D eigenvalue weighted by Gasteiger charge is 2.13. The number of carbonyl (C=O) groups is 1. The quantitative estimate of drug-likeness (QED) is 0.519. The molecule has 0 aliphatic carbocycles. The minimum atomic E-state index is -0.797. The number of hydrogen-bond acceptors (Lipinski definition) is 1. The number of carboxylic acid groups (broad SMARTS) is 1. The molecule has 0 radical (unpaired) electrons. The Morgan fingerprint density at radius 3 is 1.71 bits per heavy atom. The molecule has 0 aliphatic heterocycles. The molecule has 0 aromatic heterocycles. The van der Waals surface area contributed by atoms with Crippen molar-refractivity contribution in [2.24, 2.45) is 0 Å². The van der Waals surface area contributed by atoms with Crippen molar-refractivity contribution in [1.29, 1.82) is 0 Å². The molecular weight excluding hydrogens is 296 g/mol. The summed E-state index contributed by atoms with van der Waals surface area (Å²) in [5.41, 5.74) is 2.20. The molecule has 0 unspecified atom stereocenters. The number of aliphatic carboxylic acids is 1. The van der Waals surface area contributed by atoms with E-state index in [1.54, 1.807) is 0 Å². The monoisotopic (exact) mass is 314 g/mol. The van der Waals surface area contributed by atoms with Gasteiger partial charge in [-0.05, 0) is 62.0 Å². The standard InChI is InChI=1S/C22H18O2/c1-2-14-11-20-19-10-6-4-8-17(19)15(13-22(23)24)12-21(20)18-9-5-3-7-16(14)18/h3-12H,2,13H2,1H3,(H,23,24). The predicted molar refractivity (Wildman–Crippen MR) is 99.7 cm³/mol. The average molecular weight is 314 g/mol. The van der Waals surface area contributed by atoms with E-state index in [0.29, 0.717) is 0 Å². The molecule has 0 bridgehead atoms. The van der Waals surface area contributed by atoms with Gasteiger partial charge in [-0.3, -0.25) is 4.79 Å². The van der Waals surface area contributed by atoms with Crippen molar-refractivity contribution in [2.45, 2.75) is 19.8 Å². The molecule has 0 spiro atoms. The summed E-state index contributed by atoms with van der Waals surface area (Å²) < 4.78 is 0. The Bertz CT molecular complexity index is 1090. The topological polar surface area (TPSA) is 37.3 Å². The van der Waals surface area contributed by atoms with Crippen molar-refractivity contribution in [1.82, 2.24) is 0 Å². The summed E-state index contributed by atoms with van der Waals surface area (Å²) in [5, 5.41) is 16.3. The van der Waals surface area contributed by atoms with E-state index < -0.39 is 5.97 Å². The zero-order valence-corrected chi connectivity index (χ0v) is 13.5. The molecule has 0 aliphatic rings. The van der Waals surface area contributed by atoms with Gasteiger partial charge >= 0.3 is 5.97 Å². The summed E-state index contributed by atoms with van der Waals surface area (Å²) in [7, 11) is 0.